The summed E-state index contributed by atoms with van der Waals surface area (Å²) in [6.07, 6.45) is -4.53. The van der Waals surface area contributed by atoms with Crippen molar-refractivity contribution in [2.75, 3.05) is 17.7 Å². The number of ether oxygens (including phenoxy) is 1. The molecule has 6 nitrogen and oxygen atoms in total. The van der Waals surface area contributed by atoms with Crippen molar-refractivity contribution in [1.82, 2.24) is 0 Å². The van der Waals surface area contributed by atoms with Crippen LogP contribution in [-0.2, 0) is 17.4 Å². The van der Waals surface area contributed by atoms with Gasteiger partial charge in [0.25, 0.3) is 5.91 Å². The number of amides is 2. The van der Waals surface area contributed by atoms with E-state index in [1.54, 1.807) is 48.5 Å². The van der Waals surface area contributed by atoms with E-state index in [1.807, 2.05) is 0 Å². The maximum Gasteiger partial charge on any atom is 0.416 e. The summed E-state index contributed by atoms with van der Waals surface area (Å²) in [4.78, 5) is 25.6. The van der Waals surface area contributed by atoms with Crippen LogP contribution in [0.15, 0.2) is 77.2 Å². The van der Waals surface area contributed by atoms with E-state index < -0.39 is 23.6 Å². The molecule has 0 saturated carbocycles. The number of fused-ring (bicyclic) bond motifs is 1. The molecular formula is C25H19F3N2O4. The van der Waals surface area contributed by atoms with Crippen LogP contribution in [-0.4, -0.2) is 18.9 Å². The number of anilines is 2. The number of carbonyl (C=O) groups excluding carboxylic acids is 2. The average molecular weight is 468 g/mol. The smallest absolute Gasteiger partial charge is 0.416 e. The lowest BCUT2D eigenvalue weighted by molar-refractivity contribution is -0.137. The highest BCUT2D eigenvalue weighted by atomic mass is 19.4. The van der Waals surface area contributed by atoms with E-state index in [0.717, 1.165) is 17.7 Å². The van der Waals surface area contributed by atoms with Crippen molar-refractivity contribution >= 4 is 34.2 Å². The quantitative estimate of drug-likeness (QED) is 0.370. The van der Waals surface area contributed by atoms with Crippen LogP contribution in [0.25, 0.3) is 11.0 Å². The molecule has 2 amide bonds. The second kappa shape index (κ2) is 9.30. The van der Waals surface area contributed by atoms with E-state index in [0.29, 0.717) is 16.7 Å². The molecule has 0 radical (unpaired) electrons. The average Bonchev–Trinajstić information content (AvgIpc) is 3.17. The number of furan rings is 1. The van der Waals surface area contributed by atoms with Gasteiger partial charge in [0.15, 0.2) is 0 Å². The SMILES string of the molecule is COc1ccc(CC(=O)Nc2c(C(=O)Nc3cccc(C(F)(F)F)c3)oc3ccccc23)cc1. The van der Waals surface area contributed by atoms with Gasteiger partial charge < -0.3 is 19.8 Å². The van der Waals surface area contributed by atoms with E-state index in [1.165, 1.54) is 19.2 Å². The number of hydrogen-bond donors (Lipinski definition) is 2. The molecule has 3 aromatic carbocycles. The van der Waals surface area contributed by atoms with Crippen molar-refractivity contribution in [3.8, 4) is 5.75 Å². The molecule has 9 heteroatoms. The minimum Gasteiger partial charge on any atom is -0.497 e. The van der Waals surface area contributed by atoms with Crippen LogP contribution < -0.4 is 15.4 Å². The predicted octanol–water partition coefficient (Wildman–Crippen LogP) is 5.89. The summed E-state index contributed by atoms with van der Waals surface area (Å²) in [6.45, 7) is 0. The molecule has 0 fully saturated rings. The number of methoxy groups -OCH3 is 1. The molecule has 4 rings (SSSR count). The predicted molar refractivity (Wildman–Crippen MR) is 121 cm³/mol. The van der Waals surface area contributed by atoms with E-state index in [9.17, 15) is 22.8 Å². The molecule has 0 atom stereocenters. The number of nitrogens with one attached hydrogen (secondary N) is 2. The number of carbonyl (C=O) groups is 2. The van der Waals surface area contributed by atoms with Gasteiger partial charge in [0.1, 0.15) is 17.0 Å². The summed E-state index contributed by atoms with van der Waals surface area (Å²) < 4.78 is 49.8. The van der Waals surface area contributed by atoms with Crippen LogP contribution in [0.4, 0.5) is 24.5 Å². The molecule has 4 aromatic rings. The standard InChI is InChI=1S/C25H19F3N2O4/c1-33-18-11-9-15(10-12-18)13-21(31)30-22-19-7-2-3-8-20(19)34-23(22)24(32)29-17-6-4-5-16(14-17)25(26,27)28/h2-12,14H,13H2,1H3,(H,29,32)(H,30,31). The topological polar surface area (TPSA) is 80.6 Å². The zero-order valence-corrected chi connectivity index (χ0v) is 17.9. The Bertz CT molecular complexity index is 1340. The number of halogens is 3. The van der Waals surface area contributed by atoms with Gasteiger partial charge in [-0.15, -0.1) is 0 Å². The van der Waals surface area contributed by atoms with E-state index in [4.69, 9.17) is 9.15 Å². The molecule has 0 unspecified atom stereocenters. The Morgan fingerprint density at radius 3 is 2.38 bits per heavy atom. The van der Waals surface area contributed by atoms with Crippen LogP contribution in [0.3, 0.4) is 0 Å². The fraction of sp³-hybridized carbons (Fsp3) is 0.120. The second-order valence-electron chi connectivity index (χ2n) is 7.41. The van der Waals surface area contributed by atoms with Crippen molar-refractivity contribution in [2.45, 2.75) is 12.6 Å². The van der Waals surface area contributed by atoms with Gasteiger partial charge in [-0.1, -0.05) is 30.3 Å². The molecule has 34 heavy (non-hydrogen) atoms. The molecule has 174 valence electrons. The van der Waals surface area contributed by atoms with Crippen LogP contribution in [0.2, 0.25) is 0 Å². The lowest BCUT2D eigenvalue weighted by Gasteiger charge is -2.10. The molecular weight excluding hydrogens is 449 g/mol. The van der Waals surface area contributed by atoms with Gasteiger partial charge in [0.2, 0.25) is 11.7 Å². The van der Waals surface area contributed by atoms with Crippen LogP contribution in [0.1, 0.15) is 21.7 Å². The number of rotatable bonds is 6. The monoisotopic (exact) mass is 468 g/mol. The Morgan fingerprint density at radius 1 is 0.941 bits per heavy atom. The van der Waals surface area contributed by atoms with Gasteiger partial charge in [-0.05, 0) is 48.0 Å². The molecule has 0 aliphatic rings. The Morgan fingerprint density at radius 2 is 1.68 bits per heavy atom. The maximum absolute atomic E-state index is 13.0. The summed E-state index contributed by atoms with van der Waals surface area (Å²) in [5.74, 6) is -0.764. The van der Waals surface area contributed by atoms with Gasteiger partial charge in [-0.25, -0.2) is 0 Å². The van der Waals surface area contributed by atoms with Gasteiger partial charge in [-0.3, -0.25) is 9.59 Å². The normalized spacial score (nSPS) is 11.3. The van der Waals surface area contributed by atoms with Crippen LogP contribution in [0.5, 0.6) is 5.75 Å². The highest BCUT2D eigenvalue weighted by Gasteiger charge is 2.31. The lowest BCUT2D eigenvalue weighted by atomic mass is 10.1. The van der Waals surface area contributed by atoms with Crippen molar-refractivity contribution in [3.63, 3.8) is 0 Å². The molecule has 0 aliphatic carbocycles. The van der Waals surface area contributed by atoms with E-state index in [2.05, 4.69) is 10.6 Å². The highest BCUT2D eigenvalue weighted by molar-refractivity contribution is 6.14. The van der Waals surface area contributed by atoms with Gasteiger partial charge in [0.05, 0.1) is 19.1 Å². The number of benzene rings is 3. The van der Waals surface area contributed by atoms with Gasteiger partial charge in [-0.2, -0.15) is 13.2 Å². The lowest BCUT2D eigenvalue weighted by Crippen LogP contribution is -2.18. The number of para-hydroxylation sites is 1. The first-order valence-electron chi connectivity index (χ1n) is 10.2. The van der Waals surface area contributed by atoms with Gasteiger partial charge in [0, 0.05) is 11.1 Å². The molecule has 2 N–H and O–H groups in total. The molecule has 0 aliphatic heterocycles. The zero-order chi connectivity index (χ0) is 24.3. The van der Waals surface area contributed by atoms with Gasteiger partial charge >= 0.3 is 6.18 Å². The van der Waals surface area contributed by atoms with Crippen LogP contribution >= 0.6 is 0 Å². The Hall–Kier alpha value is -4.27. The largest absolute Gasteiger partial charge is 0.497 e. The summed E-state index contributed by atoms with van der Waals surface area (Å²) >= 11 is 0. The third-order valence-electron chi connectivity index (χ3n) is 5.04. The van der Waals surface area contributed by atoms with E-state index in [-0.39, 0.29) is 23.6 Å². The molecule has 1 aromatic heterocycles. The van der Waals surface area contributed by atoms with Crippen molar-refractivity contribution < 1.29 is 31.9 Å². The molecule has 0 saturated heterocycles. The van der Waals surface area contributed by atoms with Crippen molar-refractivity contribution in [3.05, 3.63) is 89.7 Å². The van der Waals surface area contributed by atoms with Crippen molar-refractivity contribution in [1.29, 1.82) is 0 Å². The Kier molecular flexibility index (Phi) is 6.27. The maximum atomic E-state index is 13.0. The zero-order valence-electron chi connectivity index (χ0n) is 17.9. The summed E-state index contributed by atoms with van der Waals surface area (Å²) in [5, 5.41) is 5.60. The third kappa shape index (κ3) is 5.03. The summed E-state index contributed by atoms with van der Waals surface area (Å²) in [5.41, 5.74) is 0.245. The number of hydrogen-bond acceptors (Lipinski definition) is 4. The third-order valence-corrected chi connectivity index (χ3v) is 5.04. The molecule has 1 heterocycles. The molecule has 0 spiro atoms. The van der Waals surface area contributed by atoms with Crippen LogP contribution in [0, 0.1) is 0 Å². The van der Waals surface area contributed by atoms with Crippen molar-refractivity contribution in [2.24, 2.45) is 0 Å². The number of alkyl halides is 3. The second-order valence-corrected chi connectivity index (χ2v) is 7.41. The fourth-order valence-corrected chi connectivity index (χ4v) is 3.40. The summed E-state index contributed by atoms with van der Waals surface area (Å²) in [6, 6.07) is 17.9. The first-order valence-corrected chi connectivity index (χ1v) is 10.2. The minimum absolute atomic E-state index is 0.0260. The fourth-order valence-electron chi connectivity index (χ4n) is 3.40. The Balaban J connectivity index is 1.59. The highest BCUT2D eigenvalue weighted by Crippen LogP contribution is 2.33. The molecule has 0 bridgehead atoms. The minimum atomic E-state index is -4.55. The first-order chi connectivity index (χ1) is 16.2. The first kappa shape index (κ1) is 22.9. The Labute approximate surface area is 192 Å². The van der Waals surface area contributed by atoms with E-state index >= 15 is 0 Å². The summed E-state index contributed by atoms with van der Waals surface area (Å²) in [7, 11) is 1.54.